The normalized spacial score (nSPS) is 22.5. The highest BCUT2D eigenvalue weighted by Crippen LogP contribution is 2.31. The molecular weight excluding hydrogens is 203 g/mol. The van der Waals surface area contributed by atoms with Gasteiger partial charge < -0.3 is 10.6 Å². The van der Waals surface area contributed by atoms with Crippen LogP contribution in [0.2, 0.25) is 0 Å². The molecular formula is C13H19FN2. The maximum absolute atomic E-state index is 13.7. The summed E-state index contributed by atoms with van der Waals surface area (Å²) >= 11 is 0. The van der Waals surface area contributed by atoms with Gasteiger partial charge in [0.25, 0.3) is 0 Å². The zero-order valence-electron chi connectivity index (χ0n) is 9.91. The largest absolute Gasteiger partial charge is 0.371 e. The Morgan fingerprint density at radius 3 is 2.81 bits per heavy atom. The first kappa shape index (κ1) is 11.4. The van der Waals surface area contributed by atoms with Crippen LogP contribution in [0.25, 0.3) is 0 Å². The predicted octanol–water partition coefficient (Wildman–Crippen LogP) is 2.69. The lowest BCUT2D eigenvalue weighted by molar-refractivity contribution is 0.592. The van der Waals surface area contributed by atoms with Gasteiger partial charge in [-0.1, -0.05) is 13.0 Å². The first-order chi connectivity index (χ1) is 7.59. The van der Waals surface area contributed by atoms with Crippen LogP contribution in [0.1, 0.15) is 31.9 Å². The summed E-state index contributed by atoms with van der Waals surface area (Å²) < 4.78 is 13.7. The third kappa shape index (κ3) is 2.05. The van der Waals surface area contributed by atoms with Crippen LogP contribution < -0.4 is 10.6 Å². The minimum absolute atomic E-state index is 0.188. The van der Waals surface area contributed by atoms with E-state index in [-0.39, 0.29) is 11.9 Å². The van der Waals surface area contributed by atoms with Crippen molar-refractivity contribution in [3.05, 3.63) is 29.6 Å². The summed E-state index contributed by atoms with van der Waals surface area (Å²) in [4.78, 5) is 2.24. The molecule has 1 aromatic rings. The Hall–Kier alpha value is -1.09. The van der Waals surface area contributed by atoms with Gasteiger partial charge in [0.1, 0.15) is 5.82 Å². The summed E-state index contributed by atoms with van der Waals surface area (Å²) in [6.45, 7) is 6.07. The van der Waals surface area contributed by atoms with Crippen molar-refractivity contribution in [2.24, 2.45) is 11.7 Å². The number of benzene rings is 1. The Balaban J connectivity index is 2.36. The van der Waals surface area contributed by atoms with Crippen LogP contribution in [-0.4, -0.2) is 13.1 Å². The predicted molar refractivity (Wildman–Crippen MR) is 65.0 cm³/mol. The Labute approximate surface area is 96.2 Å². The average molecular weight is 222 g/mol. The van der Waals surface area contributed by atoms with E-state index in [1.165, 1.54) is 12.5 Å². The lowest BCUT2D eigenvalue weighted by atomic mass is 10.1. The zero-order chi connectivity index (χ0) is 11.7. The van der Waals surface area contributed by atoms with Gasteiger partial charge in [0.2, 0.25) is 0 Å². The highest BCUT2D eigenvalue weighted by Gasteiger charge is 2.23. The first-order valence-electron chi connectivity index (χ1n) is 5.88. The van der Waals surface area contributed by atoms with Crippen LogP contribution in [0.3, 0.4) is 0 Å². The molecule has 1 heterocycles. The smallest absolute Gasteiger partial charge is 0.130 e. The molecule has 1 aromatic carbocycles. The summed E-state index contributed by atoms with van der Waals surface area (Å²) in [5.74, 6) is 0.497. The number of anilines is 1. The lowest BCUT2D eigenvalue weighted by Crippen LogP contribution is -2.23. The Morgan fingerprint density at radius 2 is 2.25 bits per heavy atom. The Morgan fingerprint density at radius 1 is 1.50 bits per heavy atom. The number of rotatable bonds is 2. The van der Waals surface area contributed by atoms with Gasteiger partial charge >= 0.3 is 0 Å². The number of halogens is 1. The Kier molecular flexibility index (Phi) is 3.15. The molecule has 0 aromatic heterocycles. The van der Waals surface area contributed by atoms with Crippen LogP contribution in [0.4, 0.5) is 10.1 Å². The van der Waals surface area contributed by atoms with E-state index < -0.39 is 0 Å². The fraction of sp³-hybridized carbons (Fsp3) is 0.538. The monoisotopic (exact) mass is 222 g/mol. The zero-order valence-corrected chi connectivity index (χ0v) is 9.91. The maximum atomic E-state index is 13.7. The topological polar surface area (TPSA) is 29.3 Å². The van der Waals surface area contributed by atoms with Gasteiger partial charge in [0, 0.05) is 30.4 Å². The third-order valence-corrected chi connectivity index (χ3v) is 3.25. The number of hydrogen-bond acceptors (Lipinski definition) is 2. The second-order valence-electron chi connectivity index (χ2n) is 4.80. The second-order valence-corrected chi connectivity index (χ2v) is 4.80. The highest BCUT2D eigenvalue weighted by atomic mass is 19.1. The molecule has 0 amide bonds. The van der Waals surface area contributed by atoms with Crippen molar-refractivity contribution in [3.8, 4) is 0 Å². The van der Waals surface area contributed by atoms with Crippen molar-refractivity contribution in [2.75, 3.05) is 18.0 Å². The van der Waals surface area contributed by atoms with E-state index in [2.05, 4.69) is 11.8 Å². The molecule has 0 spiro atoms. The fourth-order valence-electron chi connectivity index (χ4n) is 2.41. The van der Waals surface area contributed by atoms with Crippen LogP contribution in [-0.2, 0) is 0 Å². The minimum Gasteiger partial charge on any atom is -0.371 e. The Bertz CT molecular complexity index is 376. The summed E-state index contributed by atoms with van der Waals surface area (Å²) in [5.41, 5.74) is 7.47. The van der Waals surface area contributed by atoms with E-state index in [0.717, 1.165) is 18.8 Å². The summed E-state index contributed by atoms with van der Waals surface area (Å²) in [6.07, 6.45) is 1.18. The fourth-order valence-corrected chi connectivity index (χ4v) is 2.41. The molecule has 2 N–H and O–H groups in total. The van der Waals surface area contributed by atoms with Gasteiger partial charge in [-0.25, -0.2) is 4.39 Å². The van der Waals surface area contributed by atoms with Crippen LogP contribution in [0.5, 0.6) is 0 Å². The van der Waals surface area contributed by atoms with Crippen molar-refractivity contribution in [1.29, 1.82) is 0 Å². The highest BCUT2D eigenvalue weighted by molar-refractivity contribution is 5.56. The molecule has 2 nitrogen and oxygen atoms in total. The lowest BCUT2D eigenvalue weighted by Gasteiger charge is -2.23. The molecule has 3 heteroatoms. The number of nitrogens with zero attached hydrogens (tertiary/aromatic N) is 1. The van der Waals surface area contributed by atoms with Crippen molar-refractivity contribution in [3.63, 3.8) is 0 Å². The van der Waals surface area contributed by atoms with E-state index in [0.29, 0.717) is 11.5 Å². The molecule has 0 radical (unpaired) electrons. The minimum atomic E-state index is -0.257. The van der Waals surface area contributed by atoms with Crippen molar-refractivity contribution in [1.82, 2.24) is 0 Å². The van der Waals surface area contributed by atoms with Gasteiger partial charge in [0.05, 0.1) is 0 Å². The number of nitrogens with two attached hydrogens (primary N) is 1. The molecule has 1 saturated heterocycles. The first-order valence-corrected chi connectivity index (χ1v) is 5.88. The van der Waals surface area contributed by atoms with Gasteiger partial charge in [-0.2, -0.15) is 0 Å². The maximum Gasteiger partial charge on any atom is 0.130 e. The van der Waals surface area contributed by atoms with E-state index in [1.807, 2.05) is 13.0 Å². The molecule has 2 atom stereocenters. The van der Waals surface area contributed by atoms with E-state index in [9.17, 15) is 4.39 Å². The van der Waals surface area contributed by atoms with E-state index in [1.54, 1.807) is 6.07 Å². The second kappa shape index (κ2) is 4.42. The summed E-state index contributed by atoms with van der Waals surface area (Å²) in [6, 6.07) is 4.97. The number of hydrogen-bond donors (Lipinski definition) is 1. The summed E-state index contributed by atoms with van der Waals surface area (Å²) in [7, 11) is 0. The molecule has 0 aliphatic carbocycles. The molecule has 1 aliphatic rings. The van der Waals surface area contributed by atoms with Gasteiger partial charge in [-0.05, 0) is 31.4 Å². The van der Waals surface area contributed by atoms with Crippen molar-refractivity contribution in [2.45, 2.75) is 26.3 Å². The van der Waals surface area contributed by atoms with Gasteiger partial charge in [-0.3, -0.25) is 0 Å². The molecule has 1 fully saturated rings. The molecule has 88 valence electrons. The molecule has 0 saturated carbocycles. The van der Waals surface area contributed by atoms with Gasteiger partial charge in [0.15, 0.2) is 0 Å². The van der Waals surface area contributed by atoms with E-state index in [4.69, 9.17) is 5.73 Å². The van der Waals surface area contributed by atoms with Crippen LogP contribution in [0, 0.1) is 11.7 Å². The quantitative estimate of drug-likeness (QED) is 0.833. The molecule has 1 unspecified atom stereocenters. The summed E-state index contributed by atoms with van der Waals surface area (Å²) in [5, 5.41) is 0. The average Bonchev–Trinajstić information content (AvgIpc) is 2.63. The third-order valence-electron chi connectivity index (χ3n) is 3.25. The molecule has 0 bridgehead atoms. The standard InChI is InChI=1S/C13H19FN2/c1-9-6-7-16(8-9)12-5-3-4-11(14)13(12)10(2)15/h3-5,9-10H,6-8,15H2,1-2H3/t9?,10-/m1/s1. The molecule has 16 heavy (non-hydrogen) atoms. The van der Waals surface area contributed by atoms with Gasteiger partial charge in [-0.15, -0.1) is 0 Å². The van der Waals surface area contributed by atoms with E-state index >= 15 is 0 Å². The SMILES string of the molecule is CC1CCN(c2cccc(F)c2[C@@H](C)N)C1. The molecule has 1 aliphatic heterocycles. The van der Waals surface area contributed by atoms with Crippen LogP contribution in [0.15, 0.2) is 18.2 Å². The van der Waals surface area contributed by atoms with Crippen molar-refractivity contribution < 1.29 is 4.39 Å². The molecule has 2 rings (SSSR count). The van der Waals surface area contributed by atoms with Crippen LogP contribution >= 0.6 is 0 Å². The van der Waals surface area contributed by atoms with Crippen molar-refractivity contribution >= 4 is 5.69 Å².